The zero-order valence-electron chi connectivity index (χ0n) is 18.9. The molecule has 1 atom stereocenters. The number of hydrogen-bond donors (Lipinski definition) is 1. The first-order chi connectivity index (χ1) is 16.2. The van der Waals surface area contributed by atoms with Crippen molar-refractivity contribution in [3.63, 3.8) is 0 Å². The van der Waals surface area contributed by atoms with Crippen molar-refractivity contribution in [2.24, 2.45) is 0 Å². The zero-order valence-corrected chi connectivity index (χ0v) is 20.4. The smallest absolute Gasteiger partial charge is 0.255 e. The summed E-state index contributed by atoms with van der Waals surface area (Å²) in [5.41, 5.74) is 3.56. The molecule has 1 amide bonds. The maximum absolute atomic E-state index is 13.4. The molecule has 1 aliphatic rings. The molecule has 0 aliphatic heterocycles. The van der Waals surface area contributed by atoms with Gasteiger partial charge in [-0.1, -0.05) is 29.3 Å². The summed E-state index contributed by atoms with van der Waals surface area (Å²) in [4.78, 5) is 30.4. The van der Waals surface area contributed by atoms with Crippen molar-refractivity contribution >= 4 is 40.4 Å². The Kier molecular flexibility index (Phi) is 5.45. The van der Waals surface area contributed by atoms with E-state index >= 15 is 0 Å². The molecular formula is C24H22Cl2N6O2. The molecule has 5 rings (SSSR count). The van der Waals surface area contributed by atoms with Gasteiger partial charge in [-0.3, -0.25) is 9.59 Å². The number of ketones is 1. The molecule has 1 N–H and O–H groups in total. The van der Waals surface area contributed by atoms with Crippen LogP contribution in [0.3, 0.4) is 0 Å². The standard InChI is InChI=1S/C24H22Cl2N6O2/c1-13-4-5-21-17-10-24(14(2)33,7-6-20(17)30-31(21)11-13)28-23(34)22-18(25)8-16(9-19(22)26)32-12-27-15(3)29-32/h4-5,8-9,11-12H,6-7,10H2,1-3H3,(H,28,34). The van der Waals surface area contributed by atoms with E-state index in [2.05, 4.69) is 20.5 Å². The lowest BCUT2D eigenvalue weighted by atomic mass is 9.77. The molecule has 0 fully saturated rings. The summed E-state index contributed by atoms with van der Waals surface area (Å²) < 4.78 is 3.37. The predicted molar refractivity (Wildman–Crippen MR) is 129 cm³/mol. The highest BCUT2D eigenvalue weighted by Crippen LogP contribution is 2.34. The van der Waals surface area contributed by atoms with Crippen LogP contribution >= 0.6 is 23.2 Å². The summed E-state index contributed by atoms with van der Waals surface area (Å²) in [6.45, 7) is 5.27. The Balaban J connectivity index is 1.48. The number of pyridine rings is 1. The molecule has 10 heteroatoms. The zero-order chi connectivity index (χ0) is 24.2. The fourth-order valence-electron chi connectivity index (χ4n) is 4.52. The topological polar surface area (TPSA) is 94.2 Å². The fourth-order valence-corrected chi connectivity index (χ4v) is 5.17. The lowest BCUT2D eigenvalue weighted by Crippen LogP contribution is -2.57. The van der Waals surface area contributed by atoms with Gasteiger partial charge in [-0.25, -0.2) is 14.2 Å². The molecule has 0 saturated heterocycles. The van der Waals surface area contributed by atoms with Crippen LogP contribution < -0.4 is 5.32 Å². The van der Waals surface area contributed by atoms with Gasteiger partial charge in [0.2, 0.25) is 0 Å². The molecule has 174 valence electrons. The number of benzene rings is 1. The van der Waals surface area contributed by atoms with Gasteiger partial charge in [0.15, 0.2) is 5.78 Å². The van der Waals surface area contributed by atoms with Crippen molar-refractivity contribution in [2.45, 2.75) is 45.6 Å². The Morgan fingerprint density at radius 3 is 2.50 bits per heavy atom. The van der Waals surface area contributed by atoms with Crippen LogP contribution in [0.25, 0.3) is 11.2 Å². The second kappa shape index (κ2) is 8.21. The van der Waals surface area contributed by atoms with Crippen molar-refractivity contribution in [1.82, 2.24) is 29.7 Å². The van der Waals surface area contributed by atoms with Crippen LogP contribution in [0.2, 0.25) is 10.0 Å². The van der Waals surface area contributed by atoms with E-state index in [0.29, 0.717) is 30.8 Å². The van der Waals surface area contributed by atoms with Gasteiger partial charge >= 0.3 is 0 Å². The van der Waals surface area contributed by atoms with Crippen LogP contribution in [0.5, 0.6) is 0 Å². The summed E-state index contributed by atoms with van der Waals surface area (Å²) in [5.74, 6) is -0.0285. The van der Waals surface area contributed by atoms with Crippen LogP contribution in [0.4, 0.5) is 0 Å². The Morgan fingerprint density at radius 1 is 1.12 bits per heavy atom. The molecule has 3 heterocycles. The van der Waals surface area contributed by atoms with Gasteiger partial charge < -0.3 is 5.32 Å². The third kappa shape index (κ3) is 3.76. The summed E-state index contributed by atoms with van der Waals surface area (Å²) in [6.07, 6.45) is 4.86. The van der Waals surface area contributed by atoms with Crippen molar-refractivity contribution in [3.8, 4) is 5.69 Å². The van der Waals surface area contributed by atoms with Gasteiger partial charge in [0.1, 0.15) is 17.7 Å². The predicted octanol–water partition coefficient (Wildman–Crippen LogP) is 4.09. The Hall–Kier alpha value is -3.23. The quantitative estimate of drug-likeness (QED) is 0.459. The minimum Gasteiger partial charge on any atom is -0.339 e. The van der Waals surface area contributed by atoms with Crippen molar-refractivity contribution in [3.05, 3.63) is 75.0 Å². The summed E-state index contributed by atoms with van der Waals surface area (Å²) >= 11 is 13.0. The second-order valence-electron chi connectivity index (χ2n) is 8.75. The highest BCUT2D eigenvalue weighted by molar-refractivity contribution is 6.40. The molecule has 1 unspecified atom stereocenters. The van der Waals surface area contributed by atoms with Crippen LogP contribution in [0.1, 0.15) is 46.3 Å². The summed E-state index contributed by atoms with van der Waals surface area (Å²) in [6, 6.07) is 7.21. The first-order valence-electron chi connectivity index (χ1n) is 10.8. The minimum absolute atomic E-state index is 0.117. The molecule has 0 radical (unpaired) electrons. The molecule has 3 aromatic heterocycles. The first kappa shape index (κ1) is 22.6. The normalized spacial score (nSPS) is 17.6. The minimum atomic E-state index is -1.08. The Labute approximate surface area is 205 Å². The number of aryl methyl sites for hydroxylation is 3. The van der Waals surface area contributed by atoms with E-state index in [1.807, 2.05) is 29.8 Å². The van der Waals surface area contributed by atoms with E-state index in [9.17, 15) is 9.59 Å². The van der Waals surface area contributed by atoms with Gasteiger partial charge in [0, 0.05) is 18.2 Å². The largest absolute Gasteiger partial charge is 0.339 e. The van der Waals surface area contributed by atoms with Crippen molar-refractivity contribution in [2.75, 3.05) is 0 Å². The average molecular weight is 497 g/mol. The fraction of sp³-hybridized carbons (Fsp3) is 0.292. The van der Waals surface area contributed by atoms with Crippen molar-refractivity contribution < 1.29 is 9.59 Å². The van der Waals surface area contributed by atoms with Crippen LogP contribution in [-0.4, -0.2) is 41.6 Å². The first-order valence-corrected chi connectivity index (χ1v) is 11.6. The Bertz CT molecular complexity index is 1450. The number of fused-ring (bicyclic) bond motifs is 3. The molecule has 4 aromatic rings. The van der Waals surface area contributed by atoms with Crippen LogP contribution in [-0.2, 0) is 17.6 Å². The molecule has 8 nitrogen and oxygen atoms in total. The van der Waals surface area contributed by atoms with Crippen LogP contribution in [0, 0.1) is 13.8 Å². The average Bonchev–Trinajstić information content (AvgIpc) is 3.35. The number of carbonyl (C=O) groups excluding carboxylic acids is 2. The SMILES string of the molecule is CC(=O)C1(NC(=O)c2c(Cl)cc(-n3cnc(C)n3)cc2Cl)CCc2nn3cc(C)ccc3c2C1. The number of Topliss-reactive ketones (excluding diaryl/α,β-unsaturated/α-hetero) is 1. The van der Waals surface area contributed by atoms with E-state index in [-0.39, 0.29) is 21.4 Å². The summed E-state index contributed by atoms with van der Waals surface area (Å²) in [5, 5.41) is 12.2. The van der Waals surface area contributed by atoms with E-state index in [4.69, 9.17) is 23.2 Å². The maximum atomic E-state index is 13.4. The molecular weight excluding hydrogens is 475 g/mol. The third-order valence-corrected chi connectivity index (χ3v) is 6.98. The summed E-state index contributed by atoms with van der Waals surface area (Å²) in [7, 11) is 0. The van der Waals surface area contributed by atoms with Gasteiger partial charge in [0.25, 0.3) is 5.91 Å². The number of nitrogens with zero attached hydrogens (tertiary/aromatic N) is 5. The molecule has 0 bridgehead atoms. The van der Waals surface area contributed by atoms with Gasteiger partial charge in [0.05, 0.1) is 32.5 Å². The number of amides is 1. The highest BCUT2D eigenvalue weighted by Gasteiger charge is 2.42. The van der Waals surface area contributed by atoms with Crippen molar-refractivity contribution in [1.29, 1.82) is 0 Å². The lowest BCUT2D eigenvalue weighted by Gasteiger charge is -2.35. The van der Waals surface area contributed by atoms with E-state index in [1.54, 1.807) is 25.4 Å². The molecule has 1 aliphatic carbocycles. The second-order valence-corrected chi connectivity index (χ2v) is 9.57. The number of hydrogen-bond acceptors (Lipinski definition) is 5. The van der Waals surface area contributed by atoms with Gasteiger partial charge in [-0.15, -0.1) is 0 Å². The highest BCUT2D eigenvalue weighted by atomic mass is 35.5. The molecule has 1 aromatic carbocycles. The van der Waals surface area contributed by atoms with Crippen LogP contribution in [0.15, 0.2) is 36.8 Å². The van der Waals surface area contributed by atoms with Gasteiger partial charge in [-0.2, -0.15) is 10.2 Å². The van der Waals surface area contributed by atoms with Gasteiger partial charge in [-0.05, 0) is 57.4 Å². The number of aromatic nitrogens is 5. The number of rotatable bonds is 4. The van der Waals surface area contributed by atoms with E-state index in [1.165, 1.54) is 11.6 Å². The molecule has 0 spiro atoms. The third-order valence-electron chi connectivity index (χ3n) is 6.38. The lowest BCUT2D eigenvalue weighted by molar-refractivity contribution is -0.123. The van der Waals surface area contributed by atoms with E-state index < -0.39 is 11.4 Å². The molecule has 34 heavy (non-hydrogen) atoms. The monoisotopic (exact) mass is 496 g/mol. The number of carbonyl (C=O) groups is 2. The number of nitrogens with one attached hydrogen (secondary N) is 1. The van der Waals surface area contributed by atoms with E-state index in [0.717, 1.165) is 22.3 Å². The maximum Gasteiger partial charge on any atom is 0.255 e. The number of halogens is 2. The Morgan fingerprint density at radius 2 is 1.85 bits per heavy atom. The molecule has 0 saturated carbocycles.